The van der Waals surface area contributed by atoms with Crippen molar-refractivity contribution in [1.29, 1.82) is 0 Å². The molecule has 0 aliphatic rings. The lowest BCUT2D eigenvalue weighted by Crippen LogP contribution is -2.22. The first-order chi connectivity index (χ1) is 8.36. The second kappa shape index (κ2) is 8.84. The molecule has 96 valence electrons. The van der Waals surface area contributed by atoms with Crippen LogP contribution in [0.5, 0.6) is 11.5 Å². The maximum Gasteiger partial charge on any atom is 0.119 e. The Morgan fingerprint density at radius 3 is 2.41 bits per heavy atom. The summed E-state index contributed by atoms with van der Waals surface area (Å²) in [4.78, 5) is 0. The van der Waals surface area contributed by atoms with E-state index in [1.807, 2.05) is 24.3 Å². The first-order valence-electron chi connectivity index (χ1n) is 5.95. The van der Waals surface area contributed by atoms with Gasteiger partial charge in [0.05, 0.1) is 7.11 Å². The molecule has 1 rings (SSSR count). The summed E-state index contributed by atoms with van der Waals surface area (Å²) in [5.74, 6) is 1.68. The van der Waals surface area contributed by atoms with Gasteiger partial charge in [-0.3, -0.25) is 0 Å². The van der Waals surface area contributed by atoms with Gasteiger partial charge in [-0.15, -0.1) is 0 Å². The Hall–Kier alpha value is -1.26. The fourth-order valence-electron chi connectivity index (χ4n) is 1.40. The van der Waals surface area contributed by atoms with Crippen molar-refractivity contribution in [3.8, 4) is 11.5 Å². The van der Waals surface area contributed by atoms with E-state index >= 15 is 0 Å². The Kier molecular flexibility index (Phi) is 7.18. The molecule has 0 radical (unpaired) electrons. The minimum atomic E-state index is 0.268. The molecule has 0 aliphatic carbocycles. The molecule has 0 saturated carbocycles. The number of nitrogens with one attached hydrogen (secondary N) is 1. The van der Waals surface area contributed by atoms with E-state index in [-0.39, 0.29) is 6.61 Å². The van der Waals surface area contributed by atoms with Gasteiger partial charge in [-0.2, -0.15) is 0 Å². The molecule has 0 atom stereocenters. The smallest absolute Gasteiger partial charge is 0.119 e. The predicted molar refractivity (Wildman–Crippen MR) is 67.7 cm³/mol. The number of unbranched alkanes of at least 4 members (excludes halogenated alkanes) is 1. The van der Waals surface area contributed by atoms with E-state index in [9.17, 15) is 0 Å². The molecule has 0 bridgehead atoms. The summed E-state index contributed by atoms with van der Waals surface area (Å²) >= 11 is 0. The minimum Gasteiger partial charge on any atom is -0.497 e. The molecule has 4 nitrogen and oxygen atoms in total. The van der Waals surface area contributed by atoms with Crippen LogP contribution in [-0.2, 0) is 0 Å². The summed E-state index contributed by atoms with van der Waals surface area (Å²) < 4.78 is 10.6. The van der Waals surface area contributed by atoms with E-state index in [2.05, 4.69) is 5.32 Å². The number of methoxy groups -OCH3 is 1. The van der Waals surface area contributed by atoms with Gasteiger partial charge >= 0.3 is 0 Å². The molecule has 0 heterocycles. The lowest BCUT2D eigenvalue weighted by Gasteiger charge is -2.08. The predicted octanol–water partition coefficient (Wildman–Crippen LogP) is 1.44. The molecule has 0 aliphatic heterocycles. The van der Waals surface area contributed by atoms with Crippen molar-refractivity contribution in [3.63, 3.8) is 0 Å². The van der Waals surface area contributed by atoms with Crippen LogP contribution in [0.25, 0.3) is 0 Å². The van der Waals surface area contributed by atoms with Crippen LogP contribution >= 0.6 is 0 Å². The van der Waals surface area contributed by atoms with Crippen LogP contribution in [-0.4, -0.2) is 38.5 Å². The highest BCUT2D eigenvalue weighted by Gasteiger charge is 1.94. The van der Waals surface area contributed by atoms with Gasteiger partial charge in [-0.25, -0.2) is 0 Å². The van der Waals surface area contributed by atoms with E-state index in [0.717, 1.165) is 37.4 Å². The molecule has 0 aromatic heterocycles. The average Bonchev–Trinajstić information content (AvgIpc) is 2.38. The van der Waals surface area contributed by atoms with Crippen molar-refractivity contribution in [1.82, 2.24) is 5.32 Å². The Balaban J connectivity index is 2.05. The zero-order valence-corrected chi connectivity index (χ0v) is 10.3. The van der Waals surface area contributed by atoms with Crippen LogP contribution in [0.4, 0.5) is 0 Å². The van der Waals surface area contributed by atoms with Crippen molar-refractivity contribution in [2.75, 3.05) is 33.4 Å². The molecular formula is C13H21NO3. The van der Waals surface area contributed by atoms with Gasteiger partial charge in [0, 0.05) is 13.2 Å². The standard InChI is InChI=1S/C13H21NO3/c1-16-12-4-6-13(7-5-12)17-11-9-14-8-2-3-10-15/h4-7,14-15H,2-3,8-11H2,1H3. The second-order valence-corrected chi connectivity index (χ2v) is 3.70. The van der Waals surface area contributed by atoms with Crippen LogP contribution < -0.4 is 14.8 Å². The summed E-state index contributed by atoms with van der Waals surface area (Å²) in [6.45, 7) is 2.65. The largest absolute Gasteiger partial charge is 0.497 e. The lowest BCUT2D eigenvalue weighted by atomic mass is 10.3. The molecule has 0 saturated heterocycles. The Labute approximate surface area is 103 Å². The summed E-state index contributed by atoms with van der Waals surface area (Å²) in [7, 11) is 1.65. The topological polar surface area (TPSA) is 50.7 Å². The number of hydrogen-bond acceptors (Lipinski definition) is 4. The Bertz CT molecular complexity index is 287. The SMILES string of the molecule is COc1ccc(OCCNCCCCO)cc1. The summed E-state index contributed by atoms with van der Waals surface area (Å²) in [5, 5.41) is 11.8. The molecule has 0 spiro atoms. The second-order valence-electron chi connectivity index (χ2n) is 3.70. The number of aliphatic hydroxyl groups excluding tert-OH is 1. The molecular weight excluding hydrogens is 218 g/mol. The molecule has 0 unspecified atom stereocenters. The van der Waals surface area contributed by atoms with Crippen LogP contribution in [0.2, 0.25) is 0 Å². The highest BCUT2D eigenvalue weighted by atomic mass is 16.5. The molecule has 17 heavy (non-hydrogen) atoms. The quantitative estimate of drug-likeness (QED) is 0.640. The van der Waals surface area contributed by atoms with E-state index in [1.165, 1.54) is 0 Å². The molecule has 2 N–H and O–H groups in total. The number of ether oxygens (including phenoxy) is 2. The van der Waals surface area contributed by atoms with Crippen LogP contribution in [0.15, 0.2) is 24.3 Å². The maximum absolute atomic E-state index is 8.60. The monoisotopic (exact) mass is 239 g/mol. The zero-order chi connectivity index (χ0) is 12.3. The van der Waals surface area contributed by atoms with Gasteiger partial charge in [0.1, 0.15) is 18.1 Å². The number of hydrogen-bond donors (Lipinski definition) is 2. The van der Waals surface area contributed by atoms with Crippen LogP contribution in [0, 0.1) is 0 Å². The third-order valence-electron chi connectivity index (χ3n) is 2.37. The summed E-state index contributed by atoms with van der Waals surface area (Å²) in [6.07, 6.45) is 1.85. The van der Waals surface area contributed by atoms with Crippen molar-refractivity contribution in [2.24, 2.45) is 0 Å². The number of aliphatic hydroxyl groups is 1. The molecule has 1 aromatic rings. The fourth-order valence-corrected chi connectivity index (χ4v) is 1.40. The van der Waals surface area contributed by atoms with Gasteiger partial charge in [0.2, 0.25) is 0 Å². The third kappa shape index (κ3) is 6.14. The highest BCUT2D eigenvalue weighted by Crippen LogP contribution is 2.16. The van der Waals surface area contributed by atoms with Crippen molar-refractivity contribution < 1.29 is 14.6 Å². The van der Waals surface area contributed by atoms with Gasteiger partial charge in [-0.1, -0.05) is 0 Å². The number of benzene rings is 1. The molecule has 0 fully saturated rings. The van der Waals surface area contributed by atoms with Gasteiger partial charge in [-0.05, 0) is 43.7 Å². The van der Waals surface area contributed by atoms with Crippen molar-refractivity contribution in [2.45, 2.75) is 12.8 Å². The van der Waals surface area contributed by atoms with Crippen molar-refractivity contribution in [3.05, 3.63) is 24.3 Å². The number of rotatable bonds is 9. The van der Waals surface area contributed by atoms with Gasteiger partial charge in [0.25, 0.3) is 0 Å². The maximum atomic E-state index is 8.60. The molecule has 0 amide bonds. The first kappa shape index (κ1) is 13.8. The molecule has 4 heteroatoms. The summed E-state index contributed by atoms with van der Waals surface area (Å²) in [6, 6.07) is 7.54. The third-order valence-corrected chi connectivity index (χ3v) is 2.37. The van der Waals surface area contributed by atoms with E-state index in [4.69, 9.17) is 14.6 Å². The van der Waals surface area contributed by atoms with E-state index in [0.29, 0.717) is 6.61 Å². The van der Waals surface area contributed by atoms with Gasteiger partial charge < -0.3 is 19.9 Å². The lowest BCUT2D eigenvalue weighted by molar-refractivity contribution is 0.281. The highest BCUT2D eigenvalue weighted by molar-refractivity contribution is 5.31. The Morgan fingerprint density at radius 2 is 1.76 bits per heavy atom. The minimum absolute atomic E-state index is 0.268. The Morgan fingerprint density at radius 1 is 1.06 bits per heavy atom. The fraction of sp³-hybridized carbons (Fsp3) is 0.538. The van der Waals surface area contributed by atoms with E-state index < -0.39 is 0 Å². The van der Waals surface area contributed by atoms with E-state index in [1.54, 1.807) is 7.11 Å². The molecule has 1 aromatic carbocycles. The van der Waals surface area contributed by atoms with Crippen LogP contribution in [0.1, 0.15) is 12.8 Å². The van der Waals surface area contributed by atoms with Crippen molar-refractivity contribution >= 4 is 0 Å². The normalized spacial score (nSPS) is 10.2. The van der Waals surface area contributed by atoms with Gasteiger partial charge in [0.15, 0.2) is 0 Å². The zero-order valence-electron chi connectivity index (χ0n) is 10.3. The first-order valence-corrected chi connectivity index (χ1v) is 5.95. The average molecular weight is 239 g/mol. The summed E-state index contributed by atoms with van der Waals surface area (Å²) in [5.41, 5.74) is 0. The van der Waals surface area contributed by atoms with Crippen LogP contribution in [0.3, 0.4) is 0 Å².